The van der Waals surface area contributed by atoms with Gasteiger partial charge in [-0.15, -0.1) is 0 Å². The summed E-state index contributed by atoms with van der Waals surface area (Å²) in [4.78, 5) is 20.6. The van der Waals surface area contributed by atoms with Crippen LogP contribution in [0.25, 0.3) is 0 Å². The highest BCUT2D eigenvalue weighted by Gasteiger charge is 2.11. The molecule has 11 heavy (non-hydrogen) atoms. The SMILES string of the molecule is CC(=O)OC[C@H](C)[C@H](C)C=O. The number of hydrogen-bond acceptors (Lipinski definition) is 3. The van der Waals surface area contributed by atoms with Crippen LogP contribution < -0.4 is 0 Å². The fourth-order valence-electron chi connectivity index (χ4n) is 0.535. The Bertz CT molecular complexity index is 142. The van der Waals surface area contributed by atoms with Crippen molar-refractivity contribution >= 4 is 12.3 Å². The second-order valence-corrected chi connectivity index (χ2v) is 2.78. The molecular weight excluding hydrogens is 144 g/mol. The molecular formula is C8H14O3. The second kappa shape index (κ2) is 4.88. The van der Waals surface area contributed by atoms with E-state index in [0.717, 1.165) is 6.29 Å². The first-order chi connectivity index (χ1) is 5.07. The van der Waals surface area contributed by atoms with Crippen molar-refractivity contribution in [1.82, 2.24) is 0 Å². The Hall–Kier alpha value is -0.860. The summed E-state index contributed by atoms with van der Waals surface area (Å²) < 4.78 is 4.73. The molecule has 0 rings (SSSR count). The van der Waals surface area contributed by atoms with Gasteiger partial charge in [-0.1, -0.05) is 13.8 Å². The maximum atomic E-state index is 10.3. The van der Waals surface area contributed by atoms with E-state index in [1.54, 1.807) is 6.92 Å². The van der Waals surface area contributed by atoms with E-state index in [-0.39, 0.29) is 17.8 Å². The topological polar surface area (TPSA) is 43.4 Å². The van der Waals surface area contributed by atoms with Crippen molar-refractivity contribution in [3.05, 3.63) is 0 Å². The standard InChI is InChI=1S/C8H14O3/c1-6(4-9)7(2)5-11-8(3)10/h4,6-7H,5H2,1-3H3/t6-,7+/m1/s1. The van der Waals surface area contributed by atoms with Crippen LogP contribution in [0.3, 0.4) is 0 Å². The number of esters is 1. The van der Waals surface area contributed by atoms with Gasteiger partial charge in [-0.05, 0) is 5.92 Å². The number of rotatable bonds is 4. The Kier molecular flexibility index (Phi) is 4.50. The van der Waals surface area contributed by atoms with Crippen LogP contribution in [0.2, 0.25) is 0 Å². The van der Waals surface area contributed by atoms with E-state index in [1.807, 2.05) is 6.92 Å². The lowest BCUT2D eigenvalue weighted by Gasteiger charge is -2.13. The molecule has 0 bridgehead atoms. The zero-order chi connectivity index (χ0) is 8.85. The van der Waals surface area contributed by atoms with Gasteiger partial charge in [0.2, 0.25) is 0 Å². The first-order valence-electron chi connectivity index (χ1n) is 3.66. The summed E-state index contributed by atoms with van der Waals surface area (Å²) in [6.07, 6.45) is 0.869. The quantitative estimate of drug-likeness (QED) is 0.453. The third-order valence-corrected chi connectivity index (χ3v) is 1.66. The van der Waals surface area contributed by atoms with Gasteiger partial charge >= 0.3 is 5.97 Å². The van der Waals surface area contributed by atoms with Crippen LogP contribution in [0.5, 0.6) is 0 Å². The predicted molar refractivity (Wildman–Crippen MR) is 41.0 cm³/mol. The molecule has 3 nitrogen and oxygen atoms in total. The van der Waals surface area contributed by atoms with Crippen LogP contribution in [-0.2, 0) is 14.3 Å². The van der Waals surface area contributed by atoms with Crippen LogP contribution >= 0.6 is 0 Å². The van der Waals surface area contributed by atoms with Gasteiger partial charge in [0.25, 0.3) is 0 Å². The van der Waals surface area contributed by atoms with Crippen molar-refractivity contribution in [2.45, 2.75) is 20.8 Å². The number of ether oxygens (including phenoxy) is 1. The molecule has 0 saturated heterocycles. The molecule has 0 aromatic rings. The molecule has 0 amide bonds. The fourth-order valence-corrected chi connectivity index (χ4v) is 0.535. The Morgan fingerprint density at radius 2 is 2.09 bits per heavy atom. The van der Waals surface area contributed by atoms with Crippen molar-refractivity contribution < 1.29 is 14.3 Å². The molecule has 64 valence electrons. The summed E-state index contributed by atoms with van der Waals surface area (Å²) in [5.74, 6) is -0.235. The van der Waals surface area contributed by atoms with E-state index in [2.05, 4.69) is 0 Å². The number of carbonyl (C=O) groups is 2. The van der Waals surface area contributed by atoms with Gasteiger partial charge in [0.05, 0.1) is 6.61 Å². The molecule has 0 aliphatic carbocycles. The maximum absolute atomic E-state index is 10.3. The smallest absolute Gasteiger partial charge is 0.302 e. The molecule has 0 aromatic heterocycles. The van der Waals surface area contributed by atoms with Gasteiger partial charge in [-0.25, -0.2) is 0 Å². The van der Waals surface area contributed by atoms with Crippen molar-refractivity contribution in [2.75, 3.05) is 6.61 Å². The number of hydrogen-bond donors (Lipinski definition) is 0. The summed E-state index contributed by atoms with van der Waals surface area (Å²) in [5, 5.41) is 0. The molecule has 0 aliphatic rings. The average Bonchev–Trinajstić information content (AvgIpc) is 1.98. The summed E-state index contributed by atoms with van der Waals surface area (Å²) >= 11 is 0. The van der Waals surface area contributed by atoms with Gasteiger partial charge in [-0.2, -0.15) is 0 Å². The molecule has 0 aromatic carbocycles. The second-order valence-electron chi connectivity index (χ2n) is 2.78. The minimum Gasteiger partial charge on any atom is -0.466 e. The summed E-state index contributed by atoms with van der Waals surface area (Å²) in [6.45, 7) is 5.37. The largest absolute Gasteiger partial charge is 0.466 e. The van der Waals surface area contributed by atoms with E-state index in [0.29, 0.717) is 6.61 Å². The highest BCUT2D eigenvalue weighted by Crippen LogP contribution is 2.07. The van der Waals surface area contributed by atoms with E-state index in [4.69, 9.17) is 4.74 Å². The van der Waals surface area contributed by atoms with Crippen molar-refractivity contribution in [3.63, 3.8) is 0 Å². The van der Waals surface area contributed by atoms with E-state index in [1.165, 1.54) is 6.92 Å². The van der Waals surface area contributed by atoms with Crippen LogP contribution in [0, 0.1) is 11.8 Å². The van der Waals surface area contributed by atoms with Crippen LogP contribution in [-0.4, -0.2) is 18.9 Å². The molecule has 2 atom stereocenters. The molecule has 0 spiro atoms. The Morgan fingerprint density at radius 1 is 1.55 bits per heavy atom. The lowest BCUT2D eigenvalue weighted by molar-refractivity contribution is -0.143. The lowest BCUT2D eigenvalue weighted by Crippen LogP contribution is -2.17. The Morgan fingerprint density at radius 3 is 2.45 bits per heavy atom. The minimum atomic E-state index is -0.296. The molecule has 3 heteroatoms. The van der Waals surface area contributed by atoms with Gasteiger partial charge in [0, 0.05) is 12.8 Å². The monoisotopic (exact) mass is 158 g/mol. The van der Waals surface area contributed by atoms with E-state index < -0.39 is 0 Å². The lowest BCUT2D eigenvalue weighted by atomic mass is 9.99. The maximum Gasteiger partial charge on any atom is 0.302 e. The first-order valence-corrected chi connectivity index (χ1v) is 3.66. The van der Waals surface area contributed by atoms with Gasteiger partial charge in [0.15, 0.2) is 0 Å². The molecule has 0 aliphatic heterocycles. The molecule has 0 unspecified atom stereocenters. The Balaban J connectivity index is 3.59. The van der Waals surface area contributed by atoms with Gasteiger partial charge < -0.3 is 9.53 Å². The van der Waals surface area contributed by atoms with E-state index in [9.17, 15) is 9.59 Å². The van der Waals surface area contributed by atoms with Gasteiger partial charge in [-0.3, -0.25) is 4.79 Å². The van der Waals surface area contributed by atoms with E-state index >= 15 is 0 Å². The van der Waals surface area contributed by atoms with Crippen LogP contribution in [0.15, 0.2) is 0 Å². The number of aldehydes is 1. The summed E-state index contributed by atoms with van der Waals surface area (Å²) in [5.41, 5.74) is 0. The molecule has 0 radical (unpaired) electrons. The summed E-state index contributed by atoms with van der Waals surface area (Å²) in [7, 11) is 0. The molecule has 0 heterocycles. The highest BCUT2D eigenvalue weighted by molar-refractivity contribution is 5.65. The van der Waals surface area contributed by atoms with Crippen LogP contribution in [0.4, 0.5) is 0 Å². The highest BCUT2D eigenvalue weighted by atomic mass is 16.5. The normalized spacial score (nSPS) is 15.2. The fraction of sp³-hybridized carbons (Fsp3) is 0.750. The first kappa shape index (κ1) is 10.1. The number of carbonyl (C=O) groups excluding carboxylic acids is 2. The Labute approximate surface area is 66.7 Å². The van der Waals surface area contributed by atoms with Crippen molar-refractivity contribution in [2.24, 2.45) is 11.8 Å². The third kappa shape index (κ3) is 4.53. The average molecular weight is 158 g/mol. The van der Waals surface area contributed by atoms with Gasteiger partial charge in [0.1, 0.15) is 6.29 Å². The zero-order valence-electron chi connectivity index (χ0n) is 7.16. The van der Waals surface area contributed by atoms with Crippen molar-refractivity contribution in [1.29, 1.82) is 0 Å². The zero-order valence-corrected chi connectivity index (χ0v) is 7.16. The predicted octanol–water partition coefficient (Wildman–Crippen LogP) is 1.02. The summed E-state index contributed by atoms with van der Waals surface area (Å²) in [6, 6.07) is 0. The van der Waals surface area contributed by atoms with Crippen LogP contribution in [0.1, 0.15) is 20.8 Å². The minimum absolute atomic E-state index is 0.0469. The molecule has 0 saturated carbocycles. The van der Waals surface area contributed by atoms with Crippen molar-refractivity contribution in [3.8, 4) is 0 Å². The molecule has 0 N–H and O–H groups in total. The molecule has 0 fully saturated rings. The third-order valence-electron chi connectivity index (χ3n) is 1.66.